The highest BCUT2D eigenvalue weighted by Crippen LogP contribution is 2.41. The molecule has 2 amide bonds. The van der Waals surface area contributed by atoms with E-state index in [-0.39, 0.29) is 31.3 Å². The second kappa shape index (κ2) is 11.6. The SMILES string of the molecule is CC(C)(C)OC(=O)CCN(CC(=O)N1CCC2C=C(OCc3ccccc3)C=CC21C)C(=O)OC(C)(C)C. The number of carbonyl (C=O) groups excluding carboxylic acids is 3. The summed E-state index contributed by atoms with van der Waals surface area (Å²) in [6.45, 7) is 13.6. The van der Waals surface area contributed by atoms with E-state index in [0.717, 1.165) is 17.7 Å². The second-order valence-electron chi connectivity index (χ2n) is 12.1. The largest absolute Gasteiger partial charge is 0.489 e. The second-order valence-corrected chi connectivity index (χ2v) is 12.1. The molecule has 208 valence electrons. The van der Waals surface area contributed by atoms with E-state index in [1.807, 2.05) is 54.3 Å². The van der Waals surface area contributed by atoms with Crippen LogP contribution in [0.2, 0.25) is 0 Å². The van der Waals surface area contributed by atoms with Crippen molar-refractivity contribution < 1.29 is 28.6 Å². The smallest absolute Gasteiger partial charge is 0.410 e. The van der Waals surface area contributed by atoms with Gasteiger partial charge in [-0.1, -0.05) is 36.4 Å². The summed E-state index contributed by atoms with van der Waals surface area (Å²) in [5, 5.41) is 0. The van der Waals surface area contributed by atoms with Crippen molar-refractivity contribution in [2.24, 2.45) is 5.92 Å². The Morgan fingerprint density at radius 3 is 2.32 bits per heavy atom. The van der Waals surface area contributed by atoms with Crippen molar-refractivity contribution in [2.45, 2.75) is 84.7 Å². The van der Waals surface area contributed by atoms with Crippen LogP contribution in [0, 0.1) is 5.92 Å². The molecule has 2 atom stereocenters. The standard InChI is InChI=1S/C30H42N2O6/c1-28(2,3)37-26(34)15-17-31(27(35)38-29(4,5)6)20-25(33)32-18-14-23-19-24(13-16-30(23,32)7)36-21-22-11-9-8-10-12-22/h8-13,16,19,23H,14-15,17-18,20-21H2,1-7H3. The van der Waals surface area contributed by atoms with Crippen molar-refractivity contribution in [3.05, 3.63) is 59.9 Å². The minimum atomic E-state index is -0.734. The Balaban J connectivity index is 1.66. The molecule has 1 aliphatic heterocycles. The lowest BCUT2D eigenvalue weighted by Crippen LogP contribution is -2.52. The fourth-order valence-corrected chi connectivity index (χ4v) is 4.63. The van der Waals surface area contributed by atoms with Gasteiger partial charge in [-0.2, -0.15) is 0 Å². The summed E-state index contributed by atoms with van der Waals surface area (Å²) in [6.07, 6.45) is 6.14. The van der Waals surface area contributed by atoms with Gasteiger partial charge in [-0.25, -0.2) is 4.79 Å². The van der Waals surface area contributed by atoms with Crippen LogP contribution >= 0.6 is 0 Å². The van der Waals surface area contributed by atoms with Gasteiger partial charge in [0.1, 0.15) is 30.1 Å². The third kappa shape index (κ3) is 8.10. The zero-order chi connectivity index (χ0) is 28.1. The fourth-order valence-electron chi connectivity index (χ4n) is 4.63. The molecule has 1 fully saturated rings. The Morgan fingerprint density at radius 2 is 1.68 bits per heavy atom. The first-order valence-corrected chi connectivity index (χ1v) is 13.2. The Bertz CT molecular complexity index is 1070. The van der Waals surface area contributed by atoms with Gasteiger partial charge < -0.3 is 19.1 Å². The van der Waals surface area contributed by atoms with Crippen molar-refractivity contribution in [1.82, 2.24) is 9.80 Å². The third-order valence-electron chi connectivity index (χ3n) is 6.48. The van der Waals surface area contributed by atoms with Gasteiger partial charge in [0, 0.05) is 19.0 Å². The summed E-state index contributed by atoms with van der Waals surface area (Å²) in [6, 6.07) is 9.98. The predicted octanol–water partition coefficient (Wildman–Crippen LogP) is 5.23. The number of benzene rings is 1. The Labute approximate surface area is 226 Å². The van der Waals surface area contributed by atoms with E-state index in [0.29, 0.717) is 13.2 Å². The lowest BCUT2D eigenvalue weighted by molar-refractivity contribution is -0.155. The zero-order valence-electron chi connectivity index (χ0n) is 23.8. The molecule has 2 unspecified atom stereocenters. The number of ether oxygens (including phenoxy) is 3. The lowest BCUT2D eigenvalue weighted by atomic mass is 9.82. The number of rotatable bonds is 8. The number of likely N-dealkylation sites (tertiary alicyclic amines) is 1. The molecule has 1 heterocycles. The molecule has 8 nitrogen and oxygen atoms in total. The van der Waals surface area contributed by atoms with Crippen LogP contribution in [0.1, 0.15) is 66.9 Å². The van der Waals surface area contributed by atoms with Gasteiger partial charge in [0.05, 0.1) is 12.0 Å². The van der Waals surface area contributed by atoms with E-state index in [2.05, 4.69) is 6.08 Å². The molecule has 0 bridgehead atoms. The average molecular weight is 527 g/mol. The maximum atomic E-state index is 13.5. The summed E-state index contributed by atoms with van der Waals surface area (Å²) in [5.41, 5.74) is -0.802. The van der Waals surface area contributed by atoms with Gasteiger partial charge in [0.15, 0.2) is 0 Å². The molecule has 2 aliphatic rings. The number of fused-ring (bicyclic) bond motifs is 1. The fraction of sp³-hybridized carbons (Fsp3) is 0.567. The Morgan fingerprint density at radius 1 is 1.03 bits per heavy atom. The van der Waals surface area contributed by atoms with Crippen molar-refractivity contribution >= 4 is 18.0 Å². The quantitative estimate of drug-likeness (QED) is 0.431. The van der Waals surface area contributed by atoms with Gasteiger partial charge >= 0.3 is 12.1 Å². The van der Waals surface area contributed by atoms with Gasteiger partial charge in [-0.15, -0.1) is 0 Å². The van der Waals surface area contributed by atoms with Crippen LogP contribution in [0.5, 0.6) is 0 Å². The monoisotopic (exact) mass is 526 g/mol. The zero-order valence-corrected chi connectivity index (χ0v) is 23.8. The minimum absolute atomic E-state index is 0.0246. The van der Waals surface area contributed by atoms with E-state index in [1.54, 1.807) is 41.5 Å². The van der Waals surface area contributed by atoms with Crippen molar-refractivity contribution in [1.29, 1.82) is 0 Å². The molecule has 3 rings (SSSR count). The van der Waals surface area contributed by atoms with Gasteiger partial charge in [0.2, 0.25) is 5.91 Å². The number of allylic oxidation sites excluding steroid dienone is 1. The molecule has 1 saturated heterocycles. The topological polar surface area (TPSA) is 85.4 Å². The molecule has 0 spiro atoms. The van der Waals surface area contributed by atoms with E-state index in [4.69, 9.17) is 14.2 Å². The first-order chi connectivity index (χ1) is 17.7. The number of esters is 1. The summed E-state index contributed by atoms with van der Waals surface area (Å²) < 4.78 is 16.9. The molecule has 1 aliphatic carbocycles. The number of amides is 2. The van der Waals surface area contributed by atoms with Crippen molar-refractivity contribution in [3.63, 3.8) is 0 Å². The molecule has 1 aromatic rings. The normalized spacial score (nSPS) is 20.9. The Hall–Kier alpha value is -3.29. The molecular weight excluding hydrogens is 484 g/mol. The third-order valence-corrected chi connectivity index (χ3v) is 6.48. The highest BCUT2D eigenvalue weighted by atomic mass is 16.6. The Kier molecular flexibility index (Phi) is 8.95. The van der Waals surface area contributed by atoms with Crippen LogP contribution in [0.25, 0.3) is 0 Å². The van der Waals surface area contributed by atoms with E-state index < -0.39 is 28.8 Å². The molecule has 0 saturated carbocycles. The summed E-state index contributed by atoms with van der Waals surface area (Å²) in [5.74, 6) is 0.254. The van der Waals surface area contributed by atoms with Crippen molar-refractivity contribution in [2.75, 3.05) is 19.6 Å². The number of carbonyl (C=O) groups is 3. The molecule has 1 aromatic carbocycles. The first kappa shape index (κ1) is 29.3. The van der Waals surface area contributed by atoms with E-state index >= 15 is 0 Å². The first-order valence-electron chi connectivity index (χ1n) is 13.2. The number of nitrogens with zero attached hydrogens (tertiary/aromatic N) is 2. The molecular formula is C30H42N2O6. The minimum Gasteiger partial charge on any atom is -0.489 e. The van der Waals surface area contributed by atoms with Gasteiger partial charge in [0.25, 0.3) is 0 Å². The van der Waals surface area contributed by atoms with Crippen LogP contribution < -0.4 is 0 Å². The van der Waals surface area contributed by atoms with Crippen LogP contribution in [0.15, 0.2) is 54.3 Å². The maximum absolute atomic E-state index is 13.5. The average Bonchev–Trinajstić information content (AvgIpc) is 3.15. The van der Waals surface area contributed by atoms with Gasteiger partial charge in [-0.3, -0.25) is 14.5 Å². The predicted molar refractivity (Wildman–Crippen MR) is 145 cm³/mol. The van der Waals surface area contributed by atoms with Gasteiger partial charge in [-0.05, 0) is 72.6 Å². The summed E-state index contributed by atoms with van der Waals surface area (Å²) in [7, 11) is 0. The summed E-state index contributed by atoms with van der Waals surface area (Å²) in [4.78, 5) is 41.9. The molecule has 0 N–H and O–H groups in total. The maximum Gasteiger partial charge on any atom is 0.410 e. The molecule has 38 heavy (non-hydrogen) atoms. The van der Waals surface area contributed by atoms with Crippen molar-refractivity contribution in [3.8, 4) is 0 Å². The molecule has 8 heteroatoms. The van der Waals surface area contributed by atoms with E-state index in [9.17, 15) is 14.4 Å². The highest BCUT2D eigenvalue weighted by Gasteiger charge is 2.46. The highest BCUT2D eigenvalue weighted by molar-refractivity contribution is 5.84. The van der Waals surface area contributed by atoms with Crippen LogP contribution in [0.4, 0.5) is 4.79 Å². The van der Waals surface area contributed by atoms with Crippen LogP contribution in [-0.4, -0.2) is 64.1 Å². The molecule has 0 aromatic heterocycles. The summed E-state index contributed by atoms with van der Waals surface area (Å²) >= 11 is 0. The van der Waals surface area contributed by atoms with E-state index in [1.165, 1.54) is 4.90 Å². The lowest BCUT2D eigenvalue weighted by Gasteiger charge is -2.39. The number of hydrogen-bond acceptors (Lipinski definition) is 6. The van der Waals surface area contributed by atoms with Crippen LogP contribution in [-0.2, 0) is 30.4 Å². The number of hydrogen-bond donors (Lipinski definition) is 0. The molecule has 0 radical (unpaired) electrons. The van der Waals surface area contributed by atoms with Crippen LogP contribution in [0.3, 0.4) is 0 Å².